The van der Waals surface area contributed by atoms with Crippen LogP contribution >= 0.6 is 11.6 Å². The molecule has 0 aliphatic heterocycles. The summed E-state index contributed by atoms with van der Waals surface area (Å²) in [7, 11) is 1.68. The first-order chi connectivity index (χ1) is 8.69. The van der Waals surface area contributed by atoms with Crippen LogP contribution in [0.15, 0.2) is 18.2 Å². The van der Waals surface area contributed by atoms with Gasteiger partial charge in [0.25, 0.3) is 0 Å². The second-order valence-electron chi connectivity index (χ2n) is 5.18. The van der Waals surface area contributed by atoms with E-state index in [-0.39, 0.29) is 5.54 Å². The van der Waals surface area contributed by atoms with Gasteiger partial charge in [-0.05, 0) is 38.3 Å². The third-order valence-electron chi connectivity index (χ3n) is 4.03. The van der Waals surface area contributed by atoms with Gasteiger partial charge in [-0.3, -0.25) is 0 Å². The van der Waals surface area contributed by atoms with Crippen LogP contribution in [0.5, 0.6) is 5.75 Å². The zero-order valence-corrected chi connectivity index (χ0v) is 11.5. The monoisotopic (exact) mass is 264 g/mol. The smallest absolute Gasteiger partial charge is 0.146 e. The lowest BCUT2D eigenvalue weighted by Crippen LogP contribution is -2.38. The van der Waals surface area contributed by atoms with Gasteiger partial charge in [0.2, 0.25) is 0 Å². The quantitative estimate of drug-likeness (QED) is 0.791. The van der Waals surface area contributed by atoms with Crippen LogP contribution < -0.4 is 4.74 Å². The van der Waals surface area contributed by atoms with Gasteiger partial charge in [0.15, 0.2) is 0 Å². The van der Waals surface area contributed by atoms with Crippen LogP contribution in [-0.2, 0) is 11.4 Å². The number of halogens is 1. The lowest BCUT2D eigenvalue weighted by molar-refractivity contribution is 0.171. The lowest BCUT2D eigenvalue weighted by atomic mass is 9.78. The molecule has 4 heteroatoms. The molecule has 1 aliphatic rings. The number of hydrogen-bond donors (Lipinski definition) is 0. The third kappa shape index (κ3) is 1.53. The van der Waals surface area contributed by atoms with E-state index < -0.39 is 0 Å². The number of para-hydroxylation sites is 1. The number of benzene rings is 1. The molecule has 2 aromatic rings. The molecule has 0 radical (unpaired) electrons. The molecule has 1 fully saturated rings. The highest BCUT2D eigenvalue weighted by atomic mass is 35.5. The van der Waals surface area contributed by atoms with Gasteiger partial charge in [0.1, 0.15) is 17.1 Å². The average Bonchev–Trinajstić information content (AvgIpc) is 2.74. The van der Waals surface area contributed by atoms with Crippen molar-refractivity contribution in [3.8, 4) is 5.75 Å². The fourth-order valence-electron chi connectivity index (χ4n) is 2.89. The van der Waals surface area contributed by atoms with E-state index >= 15 is 0 Å². The molecule has 1 heterocycles. The van der Waals surface area contributed by atoms with Crippen molar-refractivity contribution >= 4 is 22.6 Å². The Kier molecular flexibility index (Phi) is 2.74. The van der Waals surface area contributed by atoms with E-state index in [1.807, 2.05) is 12.1 Å². The number of nitrogens with zero attached hydrogens (tertiary/aromatic N) is 2. The fourth-order valence-corrected chi connectivity index (χ4v) is 3.07. The van der Waals surface area contributed by atoms with Crippen LogP contribution in [0.1, 0.15) is 32.0 Å². The number of rotatable bonds is 3. The van der Waals surface area contributed by atoms with Gasteiger partial charge in [0, 0.05) is 5.54 Å². The van der Waals surface area contributed by atoms with Gasteiger partial charge in [-0.25, -0.2) is 4.98 Å². The Balaban J connectivity index is 2.28. The van der Waals surface area contributed by atoms with Crippen LogP contribution in [0.25, 0.3) is 11.0 Å². The Hall–Kier alpha value is -1.22. The van der Waals surface area contributed by atoms with Gasteiger partial charge >= 0.3 is 0 Å². The van der Waals surface area contributed by atoms with Gasteiger partial charge in [-0.1, -0.05) is 6.07 Å². The first-order valence-electron chi connectivity index (χ1n) is 6.30. The highest BCUT2D eigenvalue weighted by Crippen LogP contribution is 2.42. The van der Waals surface area contributed by atoms with Crippen molar-refractivity contribution in [2.75, 3.05) is 7.11 Å². The maximum Gasteiger partial charge on any atom is 0.146 e. The Morgan fingerprint density at radius 1 is 1.44 bits per heavy atom. The Morgan fingerprint density at radius 2 is 2.22 bits per heavy atom. The third-order valence-corrected chi connectivity index (χ3v) is 4.27. The molecule has 0 saturated heterocycles. The molecule has 18 heavy (non-hydrogen) atoms. The number of hydrogen-bond acceptors (Lipinski definition) is 2. The van der Waals surface area contributed by atoms with Crippen LogP contribution in [0, 0.1) is 0 Å². The van der Waals surface area contributed by atoms with Gasteiger partial charge < -0.3 is 9.30 Å². The molecule has 3 nitrogen and oxygen atoms in total. The van der Waals surface area contributed by atoms with Gasteiger partial charge in [0.05, 0.1) is 18.5 Å². The first kappa shape index (κ1) is 11.8. The minimum atomic E-state index is 0.172. The van der Waals surface area contributed by atoms with Crippen molar-refractivity contribution in [1.82, 2.24) is 9.55 Å². The summed E-state index contributed by atoms with van der Waals surface area (Å²) < 4.78 is 7.69. The number of alkyl halides is 1. The average molecular weight is 265 g/mol. The summed E-state index contributed by atoms with van der Waals surface area (Å²) in [5.41, 5.74) is 2.22. The van der Waals surface area contributed by atoms with Crippen LogP contribution in [0.2, 0.25) is 0 Å². The molecule has 96 valence electrons. The molecule has 1 aromatic carbocycles. The van der Waals surface area contributed by atoms with E-state index in [1.165, 1.54) is 19.3 Å². The van der Waals surface area contributed by atoms with E-state index in [0.717, 1.165) is 22.6 Å². The van der Waals surface area contributed by atoms with E-state index in [1.54, 1.807) is 7.11 Å². The predicted molar refractivity (Wildman–Crippen MR) is 73.3 cm³/mol. The minimum Gasteiger partial charge on any atom is -0.494 e. The summed E-state index contributed by atoms with van der Waals surface area (Å²) >= 11 is 6.06. The second-order valence-corrected chi connectivity index (χ2v) is 5.44. The summed E-state index contributed by atoms with van der Waals surface area (Å²) in [6, 6.07) is 6.06. The normalized spacial score (nSPS) is 17.7. The summed E-state index contributed by atoms with van der Waals surface area (Å²) in [6.45, 7) is 2.28. The Labute approximate surface area is 112 Å². The van der Waals surface area contributed by atoms with Crippen LogP contribution in [0.3, 0.4) is 0 Å². The van der Waals surface area contributed by atoms with Crippen molar-refractivity contribution in [2.24, 2.45) is 0 Å². The number of methoxy groups -OCH3 is 1. The molecular weight excluding hydrogens is 248 g/mol. The van der Waals surface area contributed by atoms with Crippen molar-refractivity contribution in [3.05, 3.63) is 24.0 Å². The van der Waals surface area contributed by atoms with Crippen LogP contribution in [0.4, 0.5) is 0 Å². The van der Waals surface area contributed by atoms with Crippen molar-refractivity contribution in [2.45, 2.75) is 37.6 Å². The maximum atomic E-state index is 6.06. The lowest BCUT2D eigenvalue weighted by Gasteiger charge is -2.41. The van der Waals surface area contributed by atoms with E-state index in [9.17, 15) is 0 Å². The summed E-state index contributed by atoms with van der Waals surface area (Å²) in [4.78, 5) is 4.66. The topological polar surface area (TPSA) is 27.1 Å². The predicted octanol–water partition coefficient (Wildman–Crippen LogP) is 3.68. The molecule has 0 N–H and O–H groups in total. The summed E-state index contributed by atoms with van der Waals surface area (Å²) in [6.07, 6.45) is 3.67. The Bertz CT molecular complexity index is 587. The molecule has 3 rings (SSSR count). The zero-order chi connectivity index (χ0) is 12.8. The summed E-state index contributed by atoms with van der Waals surface area (Å²) in [5, 5.41) is 0. The molecule has 1 saturated carbocycles. The van der Waals surface area contributed by atoms with E-state index in [2.05, 4.69) is 22.5 Å². The number of imidazole rings is 1. The molecule has 0 atom stereocenters. The second kappa shape index (κ2) is 4.16. The molecule has 0 amide bonds. The molecule has 0 spiro atoms. The minimum absolute atomic E-state index is 0.172. The SMILES string of the molecule is COc1cccc2c1nc(CCl)n2C1(C)CCC1. The van der Waals surface area contributed by atoms with Crippen molar-refractivity contribution < 1.29 is 4.74 Å². The van der Waals surface area contributed by atoms with Crippen molar-refractivity contribution in [1.29, 1.82) is 0 Å². The largest absolute Gasteiger partial charge is 0.494 e. The Morgan fingerprint density at radius 3 is 2.78 bits per heavy atom. The molecule has 0 bridgehead atoms. The highest BCUT2D eigenvalue weighted by Gasteiger charge is 2.36. The van der Waals surface area contributed by atoms with Gasteiger partial charge in [-0.15, -0.1) is 11.6 Å². The van der Waals surface area contributed by atoms with E-state index in [0.29, 0.717) is 5.88 Å². The fraction of sp³-hybridized carbons (Fsp3) is 0.500. The molecule has 1 aromatic heterocycles. The van der Waals surface area contributed by atoms with E-state index in [4.69, 9.17) is 16.3 Å². The number of aromatic nitrogens is 2. The maximum absolute atomic E-state index is 6.06. The number of ether oxygens (including phenoxy) is 1. The zero-order valence-electron chi connectivity index (χ0n) is 10.7. The molecule has 0 unspecified atom stereocenters. The van der Waals surface area contributed by atoms with Crippen molar-refractivity contribution in [3.63, 3.8) is 0 Å². The number of fused-ring (bicyclic) bond motifs is 1. The summed E-state index contributed by atoms with van der Waals surface area (Å²) in [5.74, 6) is 2.20. The van der Waals surface area contributed by atoms with Gasteiger partial charge in [-0.2, -0.15) is 0 Å². The highest BCUT2D eigenvalue weighted by molar-refractivity contribution is 6.16. The molecular formula is C14H17ClN2O. The molecule has 1 aliphatic carbocycles. The first-order valence-corrected chi connectivity index (χ1v) is 6.84. The standard InChI is InChI=1S/C14H17ClN2O/c1-14(7-4-8-14)17-10-5-3-6-11(18-2)13(10)16-12(17)9-15/h3,5-6H,4,7-9H2,1-2H3. The van der Waals surface area contributed by atoms with Crippen LogP contribution in [-0.4, -0.2) is 16.7 Å².